The van der Waals surface area contributed by atoms with Gasteiger partial charge in [-0.05, 0) is 67.8 Å². The molecule has 4 aromatic rings. The standard InChI is InChI=1S/C40H42O9/c1-3-26-46-27-36(23-25-38(42)49-34-20-16-32(17-21-34)40(44)30-12-8-5-9-13-30)47-28-35(45-2)22-24-37(41)48-33-18-14-31(15-19-33)39(43)29-10-6-4-7-11-29/h4-21,35-36H,3,22-28H2,1-2H3. The summed E-state index contributed by atoms with van der Waals surface area (Å²) in [7, 11) is 1.54. The quantitative estimate of drug-likeness (QED) is 0.0424. The number of esters is 2. The predicted octanol–water partition coefficient (Wildman–Crippen LogP) is 7.05. The van der Waals surface area contributed by atoms with Crippen LogP contribution < -0.4 is 9.47 Å². The summed E-state index contributed by atoms with van der Waals surface area (Å²) in [6.07, 6.45) is 0.937. The molecule has 0 bridgehead atoms. The van der Waals surface area contributed by atoms with Crippen LogP contribution >= 0.6 is 0 Å². The summed E-state index contributed by atoms with van der Waals surface area (Å²) in [5.41, 5.74) is 2.16. The lowest BCUT2D eigenvalue weighted by atomic mass is 10.0. The minimum atomic E-state index is -0.438. The highest BCUT2D eigenvalue weighted by atomic mass is 16.6. The molecule has 0 amide bonds. The van der Waals surface area contributed by atoms with Gasteiger partial charge in [0, 0.05) is 48.8 Å². The lowest BCUT2D eigenvalue weighted by Gasteiger charge is -2.21. The van der Waals surface area contributed by atoms with Crippen LogP contribution in [0.5, 0.6) is 11.5 Å². The molecule has 0 aromatic heterocycles. The Balaban J connectivity index is 1.21. The van der Waals surface area contributed by atoms with Gasteiger partial charge in [-0.3, -0.25) is 19.2 Å². The van der Waals surface area contributed by atoms with Crippen LogP contribution in [0.1, 0.15) is 70.9 Å². The fourth-order valence-electron chi connectivity index (χ4n) is 4.87. The molecule has 4 aromatic carbocycles. The minimum absolute atomic E-state index is 0.0879. The molecule has 0 heterocycles. The van der Waals surface area contributed by atoms with Gasteiger partial charge in [0.15, 0.2) is 11.6 Å². The summed E-state index contributed by atoms with van der Waals surface area (Å²) in [4.78, 5) is 50.5. The van der Waals surface area contributed by atoms with Crippen LogP contribution in [0.15, 0.2) is 109 Å². The van der Waals surface area contributed by atoms with E-state index in [1.165, 1.54) is 0 Å². The van der Waals surface area contributed by atoms with Crippen LogP contribution in [0, 0.1) is 0 Å². The molecule has 0 aliphatic rings. The van der Waals surface area contributed by atoms with Gasteiger partial charge in [-0.15, -0.1) is 0 Å². The third kappa shape index (κ3) is 12.2. The molecule has 0 radical (unpaired) electrons. The Morgan fingerprint density at radius 2 is 0.980 bits per heavy atom. The van der Waals surface area contributed by atoms with E-state index in [0.29, 0.717) is 59.8 Å². The van der Waals surface area contributed by atoms with E-state index in [0.717, 1.165) is 6.42 Å². The molecule has 0 aliphatic carbocycles. The maximum absolute atomic E-state index is 12.6. The van der Waals surface area contributed by atoms with Crippen molar-refractivity contribution in [2.45, 2.75) is 51.2 Å². The fourth-order valence-corrected chi connectivity index (χ4v) is 4.87. The van der Waals surface area contributed by atoms with Gasteiger partial charge < -0.3 is 23.7 Å². The van der Waals surface area contributed by atoms with Crippen molar-refractivity contribution in [2.75, 3.05) is 26.9 Å². The molecule has 2 atom stereocenters. The summed E-state index contributed by atoms with van der Waals surface area (Å²) in [5, 5.41) is 0. The topological polar surface area (TPSA) is 114 Å². The second-order valence-electron chi connectivity index (χ2n) is 11.4. The van der Waals surface area contributed by atoms with E-state index in [1.54, 1.807) is 104 Å². The zero-order valence-corrected chi connectivity index (χ0v) is 27.9. The molecule has 9 heteroatoms. The molecular formula is C40H42O9. The smallest absolute Gasteiger partial charge is 0.311 e. The third-order valence-corrected chi connectivity index (χ3v) is 7.61. The highest BCUT2D eigenvalue weighted by Crippen LogP contribution is 2.19. The molecule has 4 rings (SSSR count). The van der Waals surface area contributed by atoms with Crippen molar-refractivity contribution in [3.05, 3.63) is 131 Å². The molecule has 2 unspecified atom stereocenters. The molecule has 0 spiro atoms. The number of benzene rings is 4. The summed E-state index contributed by atoms with van der Waals surface area (Å²) in [6.45, 7) is 3.04. The Morgan fingerprint density at radius 1 is 0.551 bits per heavy atom. The van der Waals surface area contributed by atoms with Crippen molar-refractivity contribution in [3.63, 3.8) is 0 Å². The number of ketones is 2. The van der Waals surface area contributed by atoms with Crippen LogP contribution in [-0.2, 0) is 23.8 Å². The molecule has 0 saturated heterocycles. The van der Waals surface area contributed by atoms with Crippen molar-refractivity contribution in [1.29, 1.82) is 0 Å². The van der Waals surface area contributed by atoms with Gasteiger partial charge in [0.05, 0.1) is 25.4 Å². The van der Waals surface area contributed by atoms with E-state index in [1.807, 2.05) is 19.1 Å². The van der Waals surface area contributed by atoms with Crippen molar-refractivity contribution < 1.29 is 42.9 Å². The maximum atomic E-state index is 12.6. The third-order valence-electron chi connectivity index (χ3n) is 7.61. The summed E-state index contributed by atoms with van der Waals surface area (Å²) in [6, 6.07) is 30.8. The van der Waals surface area contributed by atoms with Gasteiger partial charge in [-0.25, -0.2) is 0 Å². The van der Waals surface area contributed by atoms with E-state index in [2.05, 4.69) is 0 Å². The highest BCUT2D eigenvalue weighted by Gasteiger charge is 2.19. The van der Waals surface area contributed by atoms with E-state index < -0.39 is 24.1 Å². The first kappa shape index (κ1) is 36.9. The van der Waals surface area contributed by atoms with Gasteiger partial charge in [0.25, 0.3) is 0 Å². The largest absolute Gasteiger partial charge is 0.427 e. The van der Waals surface area contributed by atoms with Gasteiger partial charge >= 0.3 is 11.9 Å². The number of hydrogen-bond acceptors (Lipinski definition) is 9. The van der Waals surface area contributed by atoms with E-state index >= 15 is 0 Å². The molecule has 256 valence electrons. The lowest BCUT2D eigenvalue weighted by Crippen LogP contribution is -2.28. The van der Waals surface area contributed by atoms with Crippen molar-refractivity contribution in [2.24, 2.45) is 0 Å². The maximum Gasteiger partial charge on any atom is 0.311 e. The number of ether oxygens (including phenoxy) is 5. The monoisotopic (exact) mass is 666 g/mol. The highest BCUT2D eigenvalue weighted by molar-refractivity contribution is 6.09. The number of carbonyl (C=O) groups is 4. The van der Waals surface area contributed by atoms with Crippen molar-refractivity contribution >= 4 is 23.5 Å². The molecule has 0 N–H and O–H groups in total. The van der Waals surface area contributed by atoms with Gasteiger partial charge in [0.2, 0.25) is 0 Å². The molecule has 0 aliphatic heterocycles. The molecule has 0 fully saturated rings. The molecule has 0 saturated carbocycles. The lowest BCUT2D eigenvalue weighted by molar-refractivity contribution is -0.137. The van der Waals surface area contributed by atoms with E-state index in [4.69, 9.17) is 23.7 Å². The first-order valence-electron chi connectivity index (χ1n) is 16.4. The Bertz CT molecular complexity index is 1620. The van der Waals surface area contributed by atoms with Gasteiger partial charge in [-0.1, -0.05) is 67.6 Å². The van der Waals surface area contributed by atoms with E-state index in [9.17, 15) is 19.2 Å². The number of rotatable bonds is 20. The SMILES string of the molecule is CCCOCC(CCC(=O)Oc1ccc(C(=O)c2ccccc2)cc1)OCC(CCC(=O)Oc1ccc(C(=O)c2ccccc2)cc1)OC. The number of hydrogen-bond donors (Lipinski definition) is 0. The van der Waals surface area contributed by atoms with Crippen LogP contribution in [0.3, 0.4) is 0 Å². The fraction of sp³-hybridized carbons (Fsp3) is 0.300. The summed E-state index contributed by atoms with van der Waals surface area (Å²) in [5.74, 6) is -0.407. The normalized spacial score (nSPS) is 12.1. The van der Waals surface area contributed by atoms with Crippen LogP contribution in [0.4, 0.5) is 0 Å². The first-order chi connectivity index (χ1) is 23.9. The molecule has 9 nitrogen and oxygen atoms in total. The van der Waals surface area contributed by atoms with Crippen LogP contribution in [0.2, 0.25) is 0 Å². The minimum Gasteiger partial charge on any atom is -0.427 e. The zero-order valence-electron chi connectivity index (χ0n) is 27.9. The second kappa shape index (κ2) is 19.8. The van der Waals surface area contributed by atoms with Crippen LogP contribution in [-0.4, -0.2) is 62.6 Å². The molecular weight excluding hydrogens is 624 g/mol. The summed E-state index contributed by atoms with van der Waals surface area (Å²) >= 11 is 0. The van der Waals surface area contributed by atoms with E-state index in [-0.39, 0.29) is 31.0 Å². The average Bonchev–Trinajstić information content (AvgIpc) is 3.14. The number of carbonyl (C=O) groups excluding carboxylic acids is 4. The number of methoxy groups -OCH3 is 1. The average molecular weight is 667 g/mol. The van der Waals surface area contributed by atoms with Crippen molar-refractivity contribution in [3.8, 4) is 11.5 Å². The van der Waals surface area contributed by atoms with Gasteiger partial charge in [0.1, 0.15) is 11.5 Å². The Morgan fingerprint density at radius 3 is 1.41 bits per heavy atom. The zero-order chi connectivity index (χ0) is 34.8. The Kier molecular flexibility index (Phi) is 14.9. The summed E-state index contributed by atoms with van der Waals surface area (Å²) < 4.78 is 28.3. The molecule has 49 heavy (non-hydrogen) atoms. The van der Waals surface area contributed by atoms with Gasteiger partial charge in [-0.2, -0.15) is 0 Å². The van der Waals surface area contributed by atoms with Crippen LogP contribution in [0.25, 0.3) is 0 Å². The van der Waals surface area contributed by atoms with Crippen molar-refractivity contribution in [1.82, 2.24) is 0 Å². The predicted molar refractivity (Wildman–Crippen MR) is 184 cm³/mol. The Labute approximate surface area is 287 Å². The Hall–Kier alpha value is -4.96. The first-order valence-corrected chi connectivity index (χ1v) is 16.4. The second-order valence-corrected chi connectivity index (χ2v) is 11.4.